The molecule has 29 heavy (non-hydrogen) atoms. The molecule has 6 heteroatoms. The molecule has 1 aromatic heterocycles. The van der Waals surface area contributed by atoms with Crippen LogP contribution in [0.25, 0.3) is 0 Å². The molecule has 0 fully saturated rings. The molecule has 1 amide bonds. The van der Waals surface area contributed by atoms with Crippen molar-refractivity contribution in [3.63, 3.8) is 0 Å². The Balaban J connectivity index is 1.60. The Bertz CT molecular complexity index is 979. The Morgan fingerprint density at radius 1 is 0.862 bits per heavy atom. The molecule has 2 aromatic carbocycles. The summed E-state index contributed by atoms with van der Waals surface area (Å²) < 4.78 is 5.62. The number of amides is 1. The maximum Gasteiger partial charge on any atom is 0.257 e. The standard InChI is InChI=1S/C23H23N3O3/c1-15(2)29-21-11-9-19(10-12-21)25-22-13-6-18(14-24-22)23(28)26-20-7-4-17(5-8-20)16(3)27/h4-15H,1-3H3,(H,24,25)(H,26,28). The fraction of sp³-hybridized carbons (Fsp3) is 0.174. The van der Waals surface area contributed by atoms with Crippen molar-refractivity contribution < 1.29 is 14.3 Å². The van der Waals surface area contributed by atoms with Crippen molar-refractivity contribution in [1.29, 1.82) is 0 Å². The van der Waals surface area contributed by atoms with E-state index in [0.717, 1.165) is 11.4 Å². The van der Waals surface area contributed by atoms with Crippen LogP contribution in [-0.4, -0.2) is 22.8 Å². The normalized spacial score (nSPS) is 10.5. The second kappa shape index (κ2) is 9.01. The van der Waals surface area contributed by atoms with Gasteiger partial charge in [0.1, 0.15) is 11.6 Å². The average molecular weight is 389 g/mol. The van der Waals surface area contributed by atoms with Crippen molar-refractivity contribution in [1.82, 2.24) is 4.98 Å². The van der Waals surface area contributed by atoms with Crippen LogP contribution in [0, 0.1) is 0 Å². The number of Topliss-reactive ketones (excluding diaryl/α,β-unsaturated/α-hetero) is 1. The van der Waals surface area contributed by atoms with Gasteiger partial charge in [-0.05, 0) is 81.4 Å². The number of carbonyl (C=O) groups is 2. The first-order valence-corrected chi connectivity index (χ1v) is 9.33. The minimum atomic E-state index is -0.269. The lowest BCUT2D eigenvalue weighted by Crippen LogP contribution is -2.12. The zero-order chi connectivity index (χ0) is 20.8. The fourth-order valence-corrected chi connectivity index (χ4v) is 2.63. The summed E-state index contributed by atoms with van der Waals surface area (Å²) in [5.41, 5.74) is 2.53. The summed E-state index contributed by atoms with van der Waals surface area (Å²) >= 11 is 0. The predicted octanol–water partition coefficient (Wildman–Crippen LogP) is 5.07. The number of pyridine rings is 1. The van der Waals surface area contributed by atoms with Crippen molar-refractivity contribution in [3.8, 4) is 5.75 Å². The lowest BCUT2D eigenvalue weighted by Gasteiger charge is -2.11. The highest BCUT2D eigenvalue weighted by molar-refractivity contribution is 6.04. The maximum absolute atomic E-state index is 12.4. The summed E-state index contributed by atoms with van der Waals surface area (Å²) in [5.74, 6) is 1.15. The van der Waals surface area contributed by atoms with Crippen LogP contribution >= 0.6 is 0 Å². The number of nitrogens with one attached hydrogen (secondary N) is 2. The molecule has 0 aliphatic rings. The highest BCUT2D eigenvalue weighted by Crippen LogP contribution is 2.20. The number of hydrogen-bond donors (Lipinski definition) is 2. The van der Waals surface area contributed by atoms with Gasteiger partial charge in [-0.2, -0.15) is 0 Å². The summed E-state index contributed by atoms with van der Waals surface area (Å²) in [6, 6.07) is 17.8. The summed E-state index contributed by atoms with van der Waals surface area (Å²) in [7, 11) is 0. The van der Waals surface area contributed by atoms with Crippen molar-refractivity contribution in [2.24, 2.45) is 0 Å². The molecule has 0 saturated carbocycles. The average Bonchev–Trinajstić information content (AvgIpc) is 2.70. The van der Waals surface area contributed by atoms with Crippen molar-refractivity contribution >= 4 is 28.9 Å². The molecular formula is C23H23N3O3. The van der Waals surface area contributed by atoms with Gasteiger partial charge in [0.15, 0.2) is 5.78 Å². The second-order valence-corrected chi connectivity index (χ2v) is 6.84. The van der Waals surface area contributed by atoms with Crippen LogP contribution in [0.5, 0.6) is 5.75 Å². The van der Waals surface area contributed by atoms with Gasteiger partial charge in [0.05, 0.1) is 11.7 Å². The Labute approximate surface area is 169 Å². The van der Waals surface area contributed by atoms with Gasteiger partial charge in [-0.15, -0.1) is 0 Å². The van der Waals surface area contributed by atoms with E-state index in [1.807, 2.05) is 38.1 Å². The molecular weight excluding hydrogens is 366 g/mol. The van der Waals surface area contributed by atoms with Crippen LogP contribution in [0.2, 0.25) is 0 Å². The van der Waals surface area contributed by atoms with E-state index in [2.05, 4.69) is 15.6 Å². The van der Waals surface area contributed by atoms with Crippen LogP contribution in [0.4, 0.5) is 17.2 Å². The van der Waals surface area contributed by atoms with Gasteiger partial charge in [-0.25, -0.2) is 4.98 Å². The highest BCUT2D eigenvalue weighted by atomic mass is 16.5. The molecule has 0 spiro atoms. The van der Waals surface area contributed by atoms with Crippen LogP contribution < -0.4 is 15.4 Å². The zero-order valence-electron chi connectivity index (χ0n) is 16.6. The molecule has 1 heterocycles. The number of aromatic nitrogens is 1. The van der Waals surface area contributed by atoms with Crippen molar-refractivity contribution in [2.45, 2.75) is 26.9 Å². The number of ketones is 1. The number of hydrogen-bond acceptors (Lipinski definition) is 5. The number of rotatable bonds is 7. The Hall–Kier alpha value is -3.67. The Morgan fingerprint density at radius 2 is 1.48 bits per heavy atom. The van der Waals surface area contributed by atoms with Gasteiger partial charge in [0.2, 0.25) is 0 Å². The number of nitrogens with zero attached hydrogens (tertiary/aromatic N) is 1. The van der Waals surface area contributed by atoms with E-state index >= 15 is 0 Å². The van der Waals surface area contributed by atoms with Crippen LogP contribution in [-0.2, 0) is 0 Å². The van der Waals surface area contributed by atoms with E-state index < -0.39 is 0 Å². The number of benzene rings is 2. The van der Waals surface area contributed by atoms with E-state index in [9.17, 15) is 9.59 Å². The van der Waals surface area contributed by atoms with Gasteiger partial charge in [0.25, 0.3) is 5.91 Å². The largest absolute Gasteiger partial charge is 0.491 e. The van der Waals surface area contributed by atoms with E-state index in [1.54, 1.807) is 36.4 Å². The topological polar surface area (TPSA) is 80.3 Å². The van der Waals surface area contributed by atoms with Crippen LogP contribution in [0.3, 0.4) is 0 Å². The molecule has 0 bridgehead atoms. The molecule has 0 aliphatic heterocycles. The maximum atomic E-state index is 12.4. The van der Waals surface area contributed by atoms with Gasteiger partial charge in [0, 0.05) is 23.1 Å². The number of anilines is 3. The molecule has 2 N–H and O–H groups in total. The fourth-order valence-electron chi connectivity index (χ4n) is 2.63. The Kier molecular flexibility index (Phi) is 6.24. The minimum Gasteiger partial charge on any atom is -0.491 e. The van der Waals surface area contributed by atoms with Crippen molar-refractivity contribution in [3.05, 3.63) is 78.0 Å². The minimum absolute atomic E-state index is 0.0164. The summed E-state index contributed by atoms with van der Waals surface area (Å²) in [6.45, 7) is 5.46. The molecule has 0 atom stereocenters. The van der Waals surface area contributed by atoms with Gasteiger partial charge in [-0.1, -0.05) is 0 Å². The van der Waals surface area contributed by atoms with Gasteiger partial charge in [-0.3, -0.25) is 9.59 Å². The van der Waals surface area contributed by atoms with Gasteiger partial charge < -0.3 is 15.4 Å². The number of ether oxygens (including phenoxy) is 1. The molecule has 0 aliphatic carbocycles. The predicted molar refractivity (Wildman–Crippen MR) is 114 cm³/mol. The van der Waals surface area contributed by atoms with E-state index in [4.69, 9.17) is 4.74 Å². The quantitative estimate of drug-likeness (QED) is 0.552. The SMILES string of the molecule is CC(=O)c1ccc(NC(=O)c2ccc(Nc3ccc(OC(C)C)cc3)nc2)cc1. The monoisotopic (exact) mass is 389 g/mol. The number of carbonyl (C=O) groups excluding carboxylic acids is 2. The molecule has 148 valence electrons. The lowest BCUT2D eigenvalue weighted by molar-refractivity contribution is 0.101. The van der Waals surface area contributed by atoms with E-state index in [1.165, 1.54) is 13.1 Å². The zero-order valence-corrected chi connectivity index (χ0v) is 16.6. The smallest absolute Gasteiger partial charge is 0.257 e. The van der Waals surface area contributed by atoms with Crippen LogP contribution in [0.1, 0.15) is 41.5 Å². The van der Waals surface area contributed by atoms with Crippen molar-refractivity contribution in [2.75, 3.05) is 10.6 Å². The Morgan fingerprint density at radius 3 is 2.03 bits per heavy atom. The third-order valence-corrected chi connectivity index (χ3v) is 4.07. The lowest BCUT2D eigenvalue weighted by atomic mass is 10.1. The molecule has 0 unspecified atom stereocenters. The van der Waals surface area contributed by atoms with E-state index in [-0.39, 0.29) is 17.8 Å². The summed E-state index contributed by atoms with van der Waals surface area (Å²) in [6.07, 6.45) is 1.64. The third kappa shape index (κ3) is 5.65. The molecule has 0 radical (unpaired) electrons. The van der Waals surface area contributed by atoms with Gasteiger partial charge >= 0.3 is 0 Å². The van der Waals surface area contributed by atoms with Crippen LogP contribution in [0.15, 0.2) is 66.9 Å². The molecule has 3 rings (SSSR count). The first kappa shape index (κ1) is 20.1. The first-order valence-electron chi connectivity index (χ1n) is 9.33. The molecule has 6 nitrogen and oxygen atoms in total. The molecule has 0 saturated heterocycles. The first-order chi connectivity index (χ1) is 13.9. The highest BCUT2D eigenvalue weighted by Gasteiger charge is 2.08. The second-order valence-electron chi connectivity index (χ2n) is 6.84. The summed E-state index contributed by atoms with van der Waals surface area (Å²) in [4.78, 5) is 28.0. The molecule has 3 aromatic rings. The summed E-state index contributed by atoms with van der Waals surface area (Å²) in [5, 5.41) is 5.98. The van der Waals surface area contributed by atoms with E-state index in [0.29, 0.717) is 22.6 Å². The third-order valence-electron chi connectivity index (χ3n) is 4.07.